The molecule has 2 aromatic rings. The number of hydrogen-bond donors (Lipinski definition) is 2. The molecule has 7 heteroatoms. The predicted octanol–water partition coefficient (Wildman–Crippen LogP) is 1.75. The van der Waals surface area contributed by atoms with Gasteiger partial charge in [-0.2, -0.15) is 0 Å². The van der Waals surface area contributed by atoms with E-state index in [1.54, 1.807) is 12.3 Å². The van der Waals surface area contributed by atoms with Crippen molar-refractivity contribution in [1.82, 2.24) is 14.7 Å². The Balaban J connectivity index is 2.05. The molecule has 0 amide bonds. The third-order valence-corrected chi connectivity index (χ3v) is 4.67. The molecule has 0 saturated heterocycles. The van der Waals surface area contributed by atoms with Crippen LogP contribution < -0.4 is 10.0 Å². The van der Waals surface area contributed by atoms with Crippen molar-refractivity contribution in [3.63, 3.8) is 0 Å². The first-order valence-corrected chi connectivity index (χ1v) is 8.58. The Hall–Kier alpha value is -1.99. The van der Waals surface area contributed by atoms with Crippen LogP contribution in [0.15, 0.2) is 30.5 Å². The Kier molecular flexibility index (Phi) is 5.10. The molecule has 0 saturated carbocycles. The van der Waals surface area contributed by atoms with Gasteiger partial charge in [-0.1, -0.05) is 24.3 Å². The van der Waals surface area contributed by atoms with Gasteiger partial charge < -0.3 is 5.32 Å². The van der Waals surface area contributed by atoms with Gasteiger partial charge in [0.15, 0.2) is 0 Å². The minimum atomic E-state index is -3.26. The van der Waals surface area contributed by atoms with E-state index < -0.39 is 10.0 Å². The largest absolute Gasteiger partial charge is 0.350 e. The van der Waals surface area contributed by atoms with Gasteiger partial charge in [0.25, 0.3) is 0 Å². The first kappa shape index (κ1) is 16.4. The van der Waals surface area contributed by atoms with Gasteiger partial charge in [-0.25, -0.2) is 23.1 Å². The number of aromatic nitrogens is 2. The fourth-order valence-electron chi connectivity index (χ4n) is 1.91. The number of rotatable bonds is 6. The Labute approximate surface area is 131 Å². The smallest absolute Gasteiger partial charge is 0.223 e. The molecule has 118 valence electrons. The number of nitrogens with zero attached hydrogens (tertiary/aromatic N) is 2. The zero-order chi connectivity index (χ0) is 16.2. The molecule has 0 unspecified atom stereocenters. The molecular weight excluding hydrogens is 300 g/mol. The molecule has 1 heterocycles. The van der Waals surface area contributed by atoms with E-state index in [4.69, 9.17) is 0 Å². The van der Waals surface area contributed by atoms with Gasteiger partial charge in [0.2, 0.25) is 16.0 Å². The molecule has 22 heavy (non-hydrogen) atoms. The van der Waals surface area contributed by atoms with Crippen LogP contribution in [0.2, 0.25) is 0 Å². The Morgan fingerprint density at radius 3 is 2.59 bits per heavy atom. The van der Waals surface area contributed by atoms with E-state index in [0.717, 1.165) is 22.4 Å². The molecule has 2 N–H and O–H groups in total. The molecule has 0 aliphatic rings. The van der Waals surface area contributed by atoms with Crippen LogP contribution in [0.25, 0.3) is 0 Å². The van der Waals surface area contributed by atoms with Crippen molar-refractivity contribution >= 4 is 16.0 Å². The van der Waals surface area contributed by atoms with E-state index in [0.29, 0.717) is 12.5 Å². The van der Waals surface area contributed by atoms with E-state index in [-0.39, 0.29) is 5.75 Å². The lowest BCUT2D eigenvalue weighted by Crippen LogP contribution is -2.20. The van der Waals surface area contributed by atoms with Crippen molar-refractivity contribution in [2.45, 2.75) is 26.1 Å². The Bertz CT molecular complexity index is 760. The first-order chi connectivity index (χ1) is 10.4. The van der Waals surface area contributed by atoms with E-state index in [2.05, 4.69) is 20.0 Å². The van der Waals surface area contributed by atoms with Gasteiger partial charge in [-0.05, 0) is 37.6 Å². The summed E-state index contributed by atoms with van der Waals surface area (Å²) < 4.78 is 25.5. The lowest BCUT2D eigenvalue weighted by Gasteiger charge is -2.08. The van der Waals surface area contributed by atoms with Crippen LogP contribution >= 0.6 is 0 Å². The summed E-state index contributed by atoms with van der Waals surface area (Å²) in [5.41, 5.74) is 3.71. The standard InChI is InChI=1S/C15H20N4O2S/c1-11-8-17-15(19-12(11)2)18-9-13-5-4-6-14(7-13)10-22(20,21)16-3/h4-8,16H,9-10H2,1-3H3,(H,17,18,19). The first-order valence-electron chi connectivity index (χ1n) is 6.93. The summed E-state index contributed by atoms with van der Waals surface area (Å²) in [5.74, 6) is 0.536. The minimum Gasteiger partial charge on any atom is -0.350 e. The number of sulfonamides is 1. The molecule has 0 radical (unpaired) electrons. The summed E-state index contributed by atoms with van der Waals surface area (Å²) in [6.07, 6.45) is 1.78. The Morgan fingerprint density at radius 2 is 1.91 bits per heavy atom. The van der Waals surface area contributed by atoms with Crippen molar-refractivity contribution in [2.24, 2.45) is 0 Å². The molecule has 1 aromatic carbocycles. The molecule has 2 rings (SSSR count). The van der Waals surface area contributed by atoms with Crippen LogP contribution in [0.5, 0.6) is 0 Å². The van der Waals surface area contributed by atoms with Crippen LogP contribution in [0.3, 0.4) is 0 Å². The zero-order valence-corrected chi connectivity index (χ0v) is 13.7. The highest BCUT2D eigenvalue weighted by atomic mass is 32.2. The van der Waals surface area contributed by atoms with Gasteiger partial charge in [-0.3, -0.25) is 0 Å². The number of nitrogens with one attached hydrogen (secondary N) is 2. The lowest BCUT2D eigenvalue weighted by molar-refractivity contribution is 0.587. The van der Waals surface area contributed by atoms with Crippen molar-refractivity contribution in [2.75, 3.05) is 12.4 Å². The summed E-state index contributed by atoms with van der Waals surface area (Å²) in [7, 11) is -1.85. The maximum absolute atomic E-state index is 11.6. The topological polar surface area (TPSA) is 84.0 Å². The van der Waals surface area contributed by atoms with Crippen LogP contribution in [-0.2, 0) is 22.3 Å². The molecule has 0 atom stereocenters. The summed E-state index contributed by atoms with van der Waals surface area (Å²) in [6.45, 7) is 4.44. The maximum atomic E-state index is 11.6. The fraction of sp³-hybridized carbons (Fsp3) is 0.333. The lowest BCUT2D eigenvalue weighted by atomic mass is 10.1. The summed E-state index contributed by atoms with van der Waals surface area (Å²) in [5, 5.41) is 3.15. The van der Waals surface area contributed by atoms with E-state index in [1.807, 2.05) is 32.0 Å². The number of hydrogen-bond acceptors (Lipinski definition) is 5. The monoisotopic (exact) mass is 320 g/mol. The molecule has 0 bridgehead atoms. The molecular formula is C15H20N4O2S. The second kappa shape index (κ2) is 6.85. The molecule has 0 fully saturated rings. The third kappa shape index (κ3) is 4.51. The summed E-state index contributed by atoms with van der Waals surface area (Å²) >= 11 is 0. The van der Waals surface area contributed by atoms with Crippen LogP contribution in [0.1, 0.15) is 22.4 Å². The molecule has 0 aliphatic carbocycles. The average molecular weight is 320 g/mol. The molecule has 0 aliphatic heterocycles. The SMILES string of the molecule is CNS(=O)(=O)Cc1cccc(CNc2ncc(C)c(C)n2)c1. The second-order valence-corrected chi connectivity index (χ2v) is 7.03. The third-order valence-electron chi connectivity index (χ3n) is 3.33. The predicted molar refractivity (Wildman–Crippen MR) is 87.0 cm³/mol. The van der Waals surface area contributed by atoms with Crippen LogP contribution in [-0.4, -0.2) is 25.4 Å². The molecule has 1 aromatic heterocycles. The van der Waals surface area contributed by atoms with Crippen molar-refractivity contribution in [3.05, 3.63) is 52.8 Å². The van der Waals surface area contributed by atoms with Gasteiger partial charge in [-0.15, -0.1) is 0 Å². The van der Waals surface area contributed by atoms with Crippen molar-refractivity contribution < 1.29 is 8.42 Å². The quantitative estimate of drug-likeness (QED) is 0.847. The average Bonchev–Trinajstić information content (AvgIpc) is 2.48. The van der Waals surface area contributed by atoms with Crippen molar-refractivity contribution in [3.8, 4) is 0 Å². The zero-order valence-electron chi connectivity index (χ0n) is 12.9. The Morgan fingerprint density at radius 1 is 1.18 bits per heavy atom. The van der Waals surface area contributed by atoms with Gasteiger partial charge in [0.05, 0.1) is 5.75 Å². The van der Waals surface area contributed by atoms with Crippen molar-refractivity contribution in [1.29, 1.82) is 0 Å². The van der Waals surface area contributed by atoms with Gasteiger partial charge >= 0.3 is 0 Å². The number of aryl methyl sites for hydroxylation is 2. The van der Waals surface area contributed by atoms with Gasteiger partial charge in [0.1, 0.15) is 0 Å². The highest BCUT2D eigenvalue weighted by Gasteiger charge is 2.09. The highest BCUT2D eigenvalue weighted by Crippen LogP contribution is 2.11. The summed E-state index contributed by atoms with van der Waals surface area (Å²) in [4.78, 5) is 8.58. The van der Waals surface area contributed by atoms with Crippen LogP contribution in [0.4, 0.5) is 5.95 Å². The number of benzene rings is 1. The van der Waals surface area contributed by atoms with E-state index >= 15 is 0 Å². The van der Waals surface area contributed by atoms with Gasteiger partial charge in [0, 0.05) is 18.4 Å². The normalized spacial score (nSPS) is 11.4. The summed E-state index contributed by atoms with van der Waals surface area (Å²) in [6, 6.07) is 7.44. The van der Waals surface area contributed by atoms with Crippen LogP contribution in [0, 0.1) is 13.8 Å². The number of anilines is 1. The van der Waals surface area contributed by atoms with E-state index in [1.165, 1.54) is 7.05 Å². The highest BCUT2D eigenvalue weighted by molar-refractivity contribution is 7.88. The molecule has 0 spiro atoms. The minimum absolute atomic E-state index is 0.0303. The fourth-order valence-corrected chi connectivity index (χ4v) is 2.68. The second-order valence-electron chi connectivity index (χ2n) is 5.10. The van der Waals surface area contributed by atoms with E-state index in [9.17, 15) is 8.42 Å². The molecule has 6 nitrogen and oxygen atoms in total. The maximum Gasteiger partial charge on any atom is 0.223 e.